The first-order valence-electron chi connectivity index (χ1n) is 9.14. The van der Waals surface area contributed by atoms with Crippen LogP contribution in [0.4, 0.5) is 0 Å². The lowest BCUT2D eigenvalue weighted by Gasteiger charge is -2.09. The highest BCUT2D eigenvalue weighted by Gasteiger charge is 2.11. The Morgan fingerprint density at radius 3 is 2.32 bits per heavy atom. The van der Waals surface area contributed by atoms with Crippen LogP contribution in [0.1, 0.15) is 21.5 Å². The van der Waals surface area contributed by atoms with Crippen molar-refractivity contribution in [2.45, 2.75) is 13.5 Å². The normalized spacial score (nSPS) is 10.6. The first-order chi connectivity index (χ1) is 13.7. The van der Waals surface area contributed by atoms with Gasteiger partial charge in [-0.2, -0.15) is 0 Å². The van der Waals surface area contributed by atoms with Gasteiger partial charge in [-0.25, -0.2) is 0 Å². The van der Waals surface area contributed by atoms with Gasteiger partial charge in [0.25, 0.3) is 5.91 Å². The number of hydrogen-bond donors (Lipinski definition) is 1. The topological polar surface area (TPSA) is 55.1 Å². The Balaban J connectivity index is 1.46. The monoisotopic (exact) mass is 368 g/mol. The molecule has 4 heteroatoms. The summed E-state index contributed by atoms with van der Waals surface area (Å²) in [6.07, 6.45) is 3.33. The number of furan rings is 1. The van der Waals surface area contributed by atoms with Crippen LogP contribution in [-0.2, 0) is 6.54 Å². The molecule has 4 aromatic rings. The van der Waals surface area contributed by atoms with Crippen LogP contribution in [-0.4, -0.2) is 10.9 Å². The standard InChI is InChI=1S/C24H20N2O2/c1-17-6-8-18(9-7-17)19-10-12-20(13-11-19)24(27)26-16-21-4-2-14-25-23(21)22-5-3-15-28-22/h2-15H,16H2,1H3,(H,26,27). The molecule has 1 amide bonds. The van der Waals surface area contributed by atoms with Crippen LogP contribution >= 0.6 is 0 Å². The van der Waals surface area contributed by atoms with Crippen LogP contribution in [0, 0.1) is 6.92 Å². The third kappa shape index (κ3) is 3.86. The summed E-state index contributed by atoms with van der Waals surface area (Å²) in [4.78, 5) is 16.9. The lowest BCUT2D eigenvalue weighted by molar-refractivity contribution is 0.0951. The minimum atomic E-state index is -0.121. The van der Waals surface area contributed by atoms with Gasteiger partial charge in [0, 0.05) is 23.9 Å². The van der Waals surface area contributed by atoms with Gasteiger partial charge in [0.05, 0.1) is 6.26 Å². The maximum Gasteiger partial charge on any atom is 0.251 e. The number of nitrogens with one attached hydrogen (secondary N) is 1. The number of carbonyl (C=O) groups excluding carboxylic acids is 1. The van der Waals surface area contributed by atoms with E-state index in [-0.39, 0.29) is 5.91 Å². The number of aromatic nitrogens is 1. The van der Waals surface area contributed by atoms with Crippen LogP contribution in [0.3, 0.4) is 0 Å². The fourth-order valence-corrected chi connectivity index (χ4v) is 3.05. The molecule has 0 saturated heterocycles. The van der Waals surface area contributed by atoms with Gasteiger partial charge in [0.1, 0.15) is 5.69 Å². The molecule has 0 atom stereocenters. The highest BCUT2D eigenvalue weighted by Crippen LogP contribution is 2.22. The van der Waals surface area contributed by atoms with Crippen molar-refractivity contribution in [1.82, 2.24) is 10.3 Å². The second kappa shape index (κ2) is 7.92. The largest absolute Gasteiger partial charge is 0.463 e. The summed E-state index contributed by atoms with van der Waals surface area (Å²) >= 11 is 0. The predicted molar refractivity (Wildman–Crippen MR) is 110 cm³/mol. The number of amides is 1. The second-order valence-corrected chi connectivity index (χ2v) is 6.61. The number of rotatable bonds is 5. The van der Waals surface area contributed by atoms with Crippen molar-refractivity contribution in [3.8, 4) is 22.6 Å². The summed E-state index contributed by atoms with van der Waals surface area (Å²) in [5.74, 6) is 0.567. The fourth-order valence-electron chi connectivity index (χ4n) is 3.05. The van der Waals surface area contributed by atoms with Crippen molar-refractivity contribution < 1.29 is 9.21 Å². The molecule has 0 saturated carbocycles. The van der Waals surface area contributed by atoms with Crippen molar-refractivity contribution in [3.05, 3.63) is 102 Å². The maximum absolute atomic E-state index is 12.6. The van der Waals surface area contributed by atoms with Gasteiger partial charge in [-0.3, -0.25) is 9.78 Å². The summed E-state index contributed by atoms with van der Waals surface area (Å²) in [6.45, 7) is 2.44. The molecule has 28 heavy (non-hydrogen) atoms. The van der Waals surface area contributed by atoms with Gasteiger partial charge in [-0.1, -0.05) is 48.0 Å². The fraction of sp³-hybridized carbons (Fsp3) is 0.0833. The minimum Gasteiger partial charge on any atom is -0.463 e. The average molecular weight is 368 g/mol. The molecule has 0 unspecified atom stereocenters. The first kappa shape index (κ1) is 17.7. The average Bonchev–Trinajstić information content (AvgIpc) is 3.28. The Bertz CT molecular complexity index is 1070. The van der Waals surface area contributed by atoms with Crippen LogP contribution < -0.4 is 5.32 Å². The minimum absolute atomic E-state index is 0.121. The summed E-state index contributed by atoms with van der Waals surface area (Å²) in [6, 6.07) is 23.4. The Morgan fingerprint density at radius 1 is 0.929 bits per heavy atom. The number of pyridine rings is 1. The van der Waals surface area contributed by atoms with E-state index in [0.717, 1.165) is 22.4 Å². The number of benzene rings is 2. The van der Waals surface area contributed by atoms with Gasteiger partial charge in [-0.15, -0.1) is 0 Å². The van der Waals surface area contributed by atoms with E-state index in [1.807, 2.05) is 48.5 Å². The molecule has 0 fully saturated rings. The van der Waals surface area contributed by atoms with Gasteiger partial charge in [0.2, 0.25) is 0 Å². The van der Waals surface area contributed by atoms with Crippen LogP contribution in [0.15, 0.2) is 89.7 Å². The molecule has 0 aliphatic carbocycles. The van der Waals surface area contributed by atoms with Crippen molar-refractivity contribution in [2.75, 3.05) is 0 Å². The van der Waals surface area contributed by atoms with Gasteiger partial charge in [0.15, 0.2) is 5.76 Å². The maximum atomic E-state index is 12.6. The molecular formula is C24H20N2O2. The number of nitrogens with zero attached hydrogens (tertiary/aromatic N) is 1. The Labute approximate surface area is 163 Å². The highest BCUT2D eigenvalue weighted by molar-refractivity contribution is 5.94. The van der Waals surface area contributed by atoms with Crippen molar-refractivity contribution in [2.24, 2.45) is 0 Å². The molecule has 0 bridgehead atoms. The van der Waals surface area contributed by atoms with Crippen LogP contribution in [0.2, 0.25) is 0 Å². The summed E-state index contributed by atoms with van der Waals surface area (Å²) in [7, 11) is 0. The van der Waals surface area contributed by atoms with E-state index in [4.69, 9.17) is 4.42 Å². The Hall–Kier alpha value is -3.66. The molecule has 0 aliphatic heterocycles. The third-order valence-corrected chi connectivity index (χ3v) is 4.62. The number of hydrogen-bond acceptors (Lipinski definition) is 3. The van der Waals surface area contributed by atoms with E-state index in [1.165, 1.54) is 5.56 Å². The van der Waals surface area contributed by atoms with Crippen molar-refractivity contribution >= 4 is 5.91 Å². The number of carbonyl (C=O) groups is 1. The molecule has 4 rings (SSSR count). The first-order valence-corrected chi connectivity index (χ1v) is 9.14. The van der Waals surface area contributed by atoms with E-state index >= 15 is 0 Å². The summed E-state index contributed by atoms with van der Waals surface area (Å²) < 4.78 is 5.44. The van der Waals surface area contributed by atoms with Crippen molar-refractivity contribution in [3.63, 3.8) is 0 Å². The molecular weight excluding hydrogens is 348 g/mol. The summed E-state index contributed by atoms with van der Waals surface area (Å²) in [5.41, 5.74) is 5.72. The molecule has 0 spiro atoms. The highest BCUT2D eigenvalue weighted by atomic mass is 16.3. The molecule has 2 heterocycles. The Kier molecular flexibility index (Phi) is 5.02. The van der Waals surface area contributed by atoms with Crippen LogP contribution in [0.5, 0.6) is 0 Å². The summed E-state index contributed by atoms with van der Waals surface area (Å²) in [5, 5.41) is 2.96. The van der Waals surface area contributed by atoms with Crippen LogP contribution in [0.25, 0.3) is 22.6 Å². The zero-order chi connectivity index (χ0) is 19.3. The molecule has 4 nitrogen and oxygen atoms in total. The Morgan fingerprint density at radius 2 is 1.64 bits per heavy atom. The molecule has 1 N–H and O–H groups in total. The SMILES string of the molecule is Cc1ccc(-c2ccc(C(=O)NCc3cccnc3-c3ccco3)cc2)cc1. The van der Waals surface area contributed by atoms with Gasteiger partial charge in [-0.05, 0) is 48.4 Å². The zero-order valence-electron chi connectivity index (χ0n) is 15.6. The predicted octanol–water partition coefficient (Wildman–Crippen LogP) is 5.25. The molecule has 0 aliphatic rings. The van der Waals surface area contributed by atoms with E-state index < -0.39 is 0 Å². The van der Waals surface area contributed by atoms with Gasteiger partial charge >= 0.3 is 0 Å². The number of aryl methyl sites for hydroxylation is 1. The van der Waals surface area contributed by atoms with E-state index in [0.29, 0.717) is 17.9 Å². The molecule has 0 radical (unpaired) electrons. The molecule has 2 aromatic heterocycles. The lowest BCUT2D eigenvalue weighted by Crippen LogP contribution is -2.23. The lowest BCUT2D eigenvalue weighted by atomic mass is 10.0. The van der Waals surface area contributed by atoms with E-state index in [9.17, 15) is 4.79 Å². The van der Waals surface area contributed by atoms with E-state index in [1.54, 1.807) is 12.5 Å². The third-order valence-electron chi connectivity index (χ3n) is 4.62. The van der Waals surface area contributed by atoms with Crippen molar-refractivity contribution in [1.29, 1.82) is 0 Å². The second-order valence-electron chi connectivity index (χ2n) is 6.61. The quantitative estimate of drug-likeness (QED) is 0.524. The van der Waals surface area contributed by atoms with E-state index in [2.05, 4.69) is 41.5 Å². The molecule has 138 valence electrons. The zero-order valence-corrected chi connectivity index (χ0v) is 15.6. The van der Waals surface area contributed by atoms with Gasteiger partial charge < -0.3 is 9.73 Å². The molecule has 2 aromatic carbocycles. The smallest absolute Gasteiger partial charge is 0.251 e.